The van der Waals surface area contributed by atoms with Crippen molar-refractivity contribution in [1.29, 1.82) is 0 Å². The summed E-state index contributed by atoms with van der Waals surface area (Å²) in [5.74, 6) is 0.298. The van der Waals surface area contributed by atoms with Crippen LogP contribution < -0.4 is 5.32 Å². The summed E-state index contributed by atoms with van der Waals surface area (Å²) in [6.07, 6.45) is 0.699. The normalized spacial score (nSPS) is 20.9. The fourth-order valence-electron chi connectivity index (χ4n) is 1.98. The first kappa shape index (κ1) is 10.7. The predicted molar refractivity (Wildman–Crippen MR) is 60.3 cm³/mol. The first-order valence-corrected chi connectivity index (χ1v) is 5.68. The van der Waals surface area contributed by atoms with Crippen molar-refractivity contribution in [3.63, 3.8) is 0 Å². The summed E-state index contributed by atoms with van der Waals surface area (Å²) in [5, 5.41) is 3.24. The molecule has 1 aromatic carbocycles. The molecule has 0 amide bonds. The van der Waals surface area contributed by atoms with Crippen LogP contribution in [0.4, 0.5) is 4.39 Å². The van der Waals surface area contributed by atoms with Gasteiger partial charge in [0.1, 0.15) is 11.3 Å². The van der Waals surface area contributed by atoms with Gasteiger partial charge in [0.25, 0.3) is 0 Å². The van der Waals surface area contributed by atoms with Crippen molar-refractivity contribution < 1.29 is 13.5 Å². The standard InChI is InChI=1S/C12H13FN2O2/c13-8-1-2-11-10(5-8)15-12(17-11)6-9-7-14-3-4-16-9/h1-2,5,9,14H,3-4,6-7H2. The molecule has 1 aliphatic rings. The van der Waals surface area contributed by atoms with E-state index in [4.69, 9.17) is 9.15 Å². The summed E-state index contributed by atoms with van der Waals surface area (Å²) < 4.78 is 24.1. The Morgan fingerprint density at radius 1 is 1.47 bits per heavy atom. The van der Waals surface area contributed by atoms with Crippen LogP contribution in [0.1, 0.15) is 5.89 Å². The molecule has 1 fully saturated rings. The molecule has 0 saturated carbocycles. The van der Waals surface area contributed by atoms with E-state index in [1.165, 1.54) is 12.1 Å². The highest BCUT2D eigenvalue weighted by Gasteiger charge is 2.17. The van der Waals surface area contributed by atoms with Gasteiger partial charge in [-0.25, -0.2) is 9.37 Å². The zero-order chi connectivity index (χ0) is 11.7. The minimum Gasteiger partial charge on any atom is -0.441 e. The lowest BCUT2D eigenvalue weighted by atomic mass is 10.2. The predicted octanol–water partition coefficient (Wildman–Crippen LogP) is 1.50. The fraction of sp³-hybridized carbons (Fsp3) is 0.417. The van der Waals surface area contributed by atoms with Crippen LogP contribution in [0, 0.1) is 5.82 Å². The van der Waals surface area contributed by atoms with Gasteiger partial charge in [0.05, 0.1) is 19.1 Å². The number of halogens is 1. The van der Waals surface area contributed by atoms with E-state index in [-0.39, 0.29) is 11.9 Å². The maximum Gasteiger partial charge on any atom is 0.198 e. The molecule has 2 heterocycles. The van der Waals surface area contributed by atoms with Crippen LogP contribution in [-0.4, -0.2) is 30.8 Å². The Labute approximate surface area is 97.8 Å². The average Bonchev–Trinajstić information content (AvgIpc) is 2.71. The van der Waals surface area contributed by atoms with E-state index in [0.29, 0.717) is 30.0 Å². The van der Waals surface area contributed by atoms with Crippen molar-refractivity contribution in [2.45, 2.75) is 12.5 Å². The summed E-state index contributed by atoms with van der Waals surface area (Å²) in [7, 11) is 0. The van der Waals surface area contributed by atoms with E-state index in [1.807, 2.05) is 0 Å². The second-order valence-corrected chi connectivity index (χ2v) is 4.12. The number of benzene rings is 1. The number of nitrogens with zero attached hydrogens (tertiary/aromatic N) is 1. The van der Waals surface area contributed by atoms with Gasteiger partial charge in [-0.1, -0.05) is 0 Å². The van der Waals surface area contributed by atoms with Crippen LogP contribution >= 0.6 is 0 Å². The van der Waals surface area contributed by atoms with E-state index in [9.17, 15) is 4.39 Å². The van der Waals surface area contributed by atoms with E-state index in [1.54, 1.807) is 6.07 Å². The Kier molecular flexibility index (Phi) is 2.78. The fourth-order valence-corrected chi connectivity index (χ4v) is 1.98. The lowest BCUT2D eigenvalue weighted by molar-refractivity contribution is 0.0257. The molecular weight excluding hydrogens is 223 g/mol. The zero-order valence-corrected chi connectivity index (χ0v) is 9.28. The first-order valence-electron chi connectivity index (χ1n) is 5.68. The van der Waals surface area contributed by atoms with Crippen LogP contribution in [0.3, 0.4) is 0 Å². The highest BCUT2D eigenvalue weighted by Crippen LogP contribution is 2.18. The number of morpholine rings is 1. The van der Waals surface area contributed by atoms with Gasteiger partial charge in [-0.3, -0.25) is 0 Å². The number of hydrogen-bond donors (Lipinski definition) is 1. The van der Waals surface area contributed by atoms with Gasteiger partial charge in [0, 0.05) is 19.2 Å². The van der Waals surface area contributed by atoms with Gasteiger partial charge >= 0.3 is 0 Å². The molecule has 1 N–H and O–H groups in total. The summed E-state index contributed by atoms with van der Waals surface area (Å²) in [6.45, 7) is 2.39. The third kappa shape index (κ3) is 2.30. The van der Waals surface area contributed by atoms with E-state index in [2.05, 4.69) is 10.3 Å². The second-order valence-electron chi connectivity index (χ2n) is 4.12. The number of hydrogen-bond acceptors (Lipinski definition) is 4. The Hall–Kier alpha value is -1.46. The highest BCUT2D eigenvalue weighted by molar-refractivity contribution is 5.72. The van der Waals surface area contributed by atoms with Crippen LogP contribution in [0.15, 0.2) is 22.6 Å². The van der Waals surface area contributed by atoms with Crippen molar-refractivity contribution in [3.8, 4) is 0 Å². The quantitative estimate of drug-likeness (QED) is 0.858. The molecule has 0 radical (unpaired) electrons. The van der Waals surface area contributed by atoms with Crippen molar-refractivity contribution >= 4 is 11.1 Å². The molecule has 0 spiro atoms. The van der Waals surface area contributed by atoms with E-state index >= 15 is 0 Å². The molecule has 17 heavy (non-hydrogen) atoms. The SMILES string of the molecule is Fc1ccc2oc(CC3CNCCO3)nc2c1. The Morgan fingerprint density at radius 2 is 2.41 bits per heavy atom. The monoisotopic (exact) mass is 236 g/mol. The Bertz CT molecular complexity index is 520. The molecule has 0 bridgehead atoms. The Balaban J connectivity index is 1.80. The molecule has 0 aliphatic carbocycles. The van der Waals surface area contributed by atoms with E-state index < -0.39 is 0 Å². The summed E-state index contributed by atoms with van der Waals surface area (Å²) in [4.78, 5) is 4.25. The van der Waals surface area contributed by atoms with Crippen LogP contribution in [0.5, 0.6) is 0 Å². The number of fused-ring (bicyclic) bond motifs is 1. The molecule has 1 aromatic heterocycles. The van der Waals surface area contributed by atoms with Gasteiger partial charge < -0.3 is 14.5 Å². The second kappa shape index (κ2) is 4.43. The number of ether oxygens (including phenoxy) is 1. The lowest BCUT2D eigenvalue weighted by Gasteiger charge is -2.22. The highest BCUT2D eigenvalue weighted by atomic mass is 19.1. The van der Waals surface area contributed by atoms with E-state index in [0.717, 1.165) is 13.1 Å². The van der Waals surface area contributed by atoms with Crippen molar-refractivity contribution in [3.05, 3.63) is 29.9 Å². The Morgan fingerprint density at radius 3 is 3.24 bits per heavy atom. The lowest BCUT2D eigenvalue weighted by Crippen LogP contribution is -2.39. The van der Waals surface area contributed by atoms with Crippen molar-refractivity contribution in [2.75, 3.05) is 19.7 Å². The third-order valence-corrected chi connectivity index (χ3v) is 2.80. The topological polar surface area (TPSA) is 47.3 Å². The van der Waals surface area contributed by atoms with Gasteiger partial charge in [-0.2, -0.15) is 0 Å². The third-order valence-electron chi connectivity index (χ3n) is 2.80. The zero-order valence-electron chi connectivity index (χ0n) is 9.28. The van der Waals surface area contributed by atoms with Crippen LogP contribution in [0.2, 0.25) is 0 Å². The molecule has 1 aliphatic heterocycles. The number of nitrogens with one attached hydrogen (secondary N) is 1. The molecule has 1 atom stereocenters. The molecule has 2 aromatic rings. The molecular formula is C12H13FN2O2. The maximum absolute atomic E-state index is 13.0. The molecule has 5 heteroatoms. The average molecular weight is 236 g/mol. The van der Waals surface area contributed by atoms with Crippen molar-refractivity contribution in [2.24, 2.45) is 0 Å². The van der Waals surface area contributed by atoms with Crippen molar-refractivity contribution in [1.82, 2.24) is 10.3 Å². The molecule has 90 valence electrons. The summed E-state index contributed by atoms with van der Waals surface area (Å²) >= 11 is 0. The molecule has 1 saturated heterocycles. The summed E-state index contributed by atoms with van der Waals surface area (Å²) in [6, 6.07) is 4.35. The number of oxazole rings is 1. The van der Waals surface area contributed by atoms with Gasteiger partial charge in [0.15, 0.2) is 11.5 Å². The smallest absolute Gasteiger partial charge is 0.198 e. The minimum atomic E-state index is -0.298. The summed E-state index contributed by atoms with van der Waals surface area (Å²) in [5.41, 5.74) is 1.17. The molecule has 3 rings (SSSR count). The van der Waals surface area contributed by atoms with Gasteiger partial charge in [-0.05, 0) is 12.1 Å². The first-order chi connectivity index (χ1) is 8.31. The largest absolute Gasteiger partial charge is 0.441 e. The van der Waals surface area contributed by atoms with Crippen LogP contribution in [-0.2, 0) is 11.2 Å². The molecule has 1 unspecified atom stereocenters. The maximum atomic E-state index is 13.0. The van der Waals surface area contributed by atoms with Gasteiger partial charge in [0.2, 0.25) is 0 Å². The van der Waals surface area contributed by atoms with Crippen LogP contribution in [0.25, 0.3) is 11.1 Å². The minimum absolute atomic E-state index is 0.0849. The van der Waals surface area contributed by atoms with Gasteiger partial charge in [-0.15, -0.1) is 0 Å². The number of rotatable bonds is 2. The number of aromatic nitrogens is 1. The molecule has 4 nitrogen and oxygen atoms in total.